The van der Waals surface area contributed by atoms with Gasteiger partial charge < -0.3 is 12.4 Å². The Labute approximate surface area is 60.8 Å². The quantitative estimate of drug-likeness (QED) is 0.436. The molecule has 2 heteroatoms. The molecule has 1 rings (SSSR count). The van der Waals surface area contributed by atoms with Crippen LogP contribution in [-0.2, 0) is 0 Å². The number of hydrogen-bond donors (Lipinski definition) is 0. The van der Waals surface area contributed by atoms with Crippen LogP contribution in [0.15, 0.2) is 31.0 Å². The van der Waals surface area contributed by atoms with Crippen molar-refractivity contribution in [2.45, 2.75) is 0 Å². The first-order valence-electron chi connectivity index (χ1n) is 2.52. The van der Waals surface area contributed by atoms with Crippen LogP contribution < -0.4 is 17.4 Å². The number of nitrogens with one attached hydrogen (secondary N) is 1. The minimum atomic E-state index is 0. The zero-order chi connectivity index (χ0) is 5.82. The van der Waals surface area contributed by atoms with Crippen LogP contribution in [0.3, 0.4) is 0 Å². The number of hydrogen-bond acceptors (Lipinski definition) is 0. The summed E-state index contributed by atoms with van der Waals surface area (Å²) < 4.78 is 0. The Balaban J connectivity index is 0.000000640. The van der Waals surface area contributed by atoms with Gasteiger partial charge in [0.2, 0.25) is 5.69 Å². The van der Waals surface area contributed by atoms with E-state index in [4.69, 9.17) is 0 Å². The Morgan fingerprint density at radius 1 is 1.44 bits per heavy atom. The van der Waals surface area contributed by atoms with Crippen molar-refractivity contribution in [3.05, 3.63) is 36.7 Å². The van der Waals surface area contributed by atoms with E-state index in [0.29, 0.717) is 0 Å². The van der Waals surface area contributed by atoms with Crippen molar-refractivity contribution in [1.82, 2.24) is 0 Å². The fourth-order valence-corrected chi connectivity index (χ4v) is 0.534. The van der Waals surface area contributed by atoms with Crippen LogP contribution in [-0.4, -0.2) is 0 Å². The summed E-state index contributed by atoms with van der Waals surface area (Å²) in [5.41, 5.74) is 1.05. The van der Waals surface area contributed by atoms with Crippen LogP contribution in [0.5, 0.6) is 0 Å². The molecule has 0 aliphatic carbocycles. The lowest BCUT2D eigenvalue weighted by Gasteiger charge is -1.77. The largest absolute Gasteiger partial charge is 1.00 e. The van der Waals surface area contributed by atoms with Gasteiger partial charge in [-0.3, -0.25) is 0 Å². The zero-order valence-corrected chi connectivity index (χ0v) is 5.73. The molecule has 0 saturated heterocycles. The molecule has 1 aromatic rings. The number of H-pyrrole nitrogens is 1. The molecule has 48 valence electrons. The van der Waals surface area contributed by atoms with Gasteiger partial charge >= 0.3 is 0 Å². The zero-order valence-electron chi connectivity index (χ0n) is 4.97. The van der Waals surface area contributed by atoms with Crippen LogP contribution in [0.1, 0.15) is 5.69 Å². The van der Waals surface area contributed by atoms with Crippen molar-refractivity contribution in [2.75, 3.05) is 0 Å². The third-order valence-corrected chi connectivity index (χ3v) is 0.953. The number of halogens is 1. The summed E-state index contributed by atoms with van der Waals surface area (Å²) in [5, 5.41) is 0. The Bertz CT molecular complexity index is 172. The van der Waals surface area contributed by atoms with Crippen molar-refractivity contribution in [1.29, 1.82) is 0 Å². The molecular weight excluding hydrogens is 134 g/mol. The van der Waals surface area contributed by atoms with Gasteiger partial charge in [0.05, 0.1) is 0 Å². The fourth-order valence-electron chi connectivity index (χ4n) is 0.534. The van der Waals surface area contributed by atoms with Crippen molar-refractivity contribution in [2.24, 2.45) is 0 Å². The second-order valence-electron chi connectivity index (χ2n) is 1.52. The Hall–Kier alpha value is -0.820. The van der Waals surface area contributed by atoms with Crippen LogP contribution in [0, 0.1) is 0 Å². The summed E-state index contributed by atoms with van der Waals surface area (Å²) >= 11 is 0. The molecule has 0 aromatic carbocycles. The van der Waals surface area contributed by atoms with Crippen LogP contribution in [0.2, 0.25) is 0 Å². The molecule has 1 heterocycles. The minimum Gasteiger partial charge on any atom is -1.00 e. The maximum Gasteiger partial charge on any atom is 0.202 e. The molecule has 0 aliphatic heterocycles. The molecule has 0 fully saturated rings. The van der Waals surface area contributed by atoms with E-state index in [2.05, 4.69) is 11.6 Å². The molecule has 0 spiro atoms. The SMILES string of the molecule is C=Cc1cccc[nH+]1.[Cl-]. The van der Waals surface area contributed by atoms with E-state index in [9.17, 15) is 0 Å². The van der Waals surface area contributed by atoms with Gasteiger partial charge in [0.15, 0.2) is 6.20 Å². The Kier molecular flexibility index (Phi) is 3.72. The topological polar surface area (TPSA) is 14.1 Å². The molecule has 1 nitrogen and oxygen atoms in total. The molecule has 0 amide bonds. The van der Waals surface area contributed by atoms with Crippen molar-refractivity contribution < 1.29 is 17.4 Å². The van der Waals surface area contributed by atoms with E-state index >= 15 is 0 Å². The molecule has 0 aliphatic rings. The van der Waals surface area contributed by atoms with E-state index in [-0.39, 0.29) is 12.4 Å². The van der Waals surface area contributed by atoms with Gasteiger partial charge in [-0.2, -0.15) is 0 Å². The molecule has 0 saturated carbocycles. The van der Waals surface area contributed by atoms with E-state index in [0.717, 1.165) is 5.69 Å². The monoisotopic (exact) mass is 141 g/mol. The smallest absolute Gasteiger partial charge is 0.202 e. The first-order chi connectivity index (χ1) is 3.93. The highest BCUT2D eigenvalue weighted by molar-refractivity contribution is 5.36. The highest BCUT2D eigenvalue weighted by Crippen LogP contribution is 1.86. The maximum atomic E-state index is 3.60. The highest BCUT2D eigenvalue weighted by atomic mass is 35.5. The number of rotatable bonds is 1. The van der Waals surface area contributed by atoms with Crippen LogP contribution in [0.25, 0.3) is 6.08 Å². The third-order valence-electron chi connectivity index (χ3n) is 0.953. The molecule has 9 heavy (non-hydrogen) atoms. The molecule has 1 N–H and O–H groups in total. The molecular formula is C7H8ClN. The van der Waals surface area contributed by atoms with Gasteiger partial charge in [-0.1, -0.05) is 6.58 Å². The second kappa shape index (κ2) is 4.10. The normalized spacial score (nSPS) is 7.56. The lowest BCUT2D eigenvalue weighted by Crippen LogP contribution is -3.00. The summed E-state index contributed by atoms with van der Waals surface area (Å²) in [4.78, 5) is 3.00. The van der Waals surface area contributed by atoms with Crippen LogP contribution in [0.4, 0.5) is 0 Å². The van der Waals surface area contributed by atoms with Gasteiger partial charge in [0.1, 0.15) is 0 Å². The van der Waals surface area contributed by atoms with Crippen molar-refractivity contribution >= 4 is 6.08 Å². The summed E-state index contributed by atoms with van der Waals surface area (Å²) in [6, 6.07) is 5.87. The average Bonchev–Trinajstić information content (AvgIpc) is 1.90. The number of aromatic amines is 1. The van der Waals surface area contributed by atoms with E-state index in [1.165, 1.54) is 0 Å². The average molecular weight is 142 g/mol. The molecule has 0 bridgehead atoms. The van der Waals surface area contributed by atoms with Gasteiger partial charge in [-0.25, -0.2) is 4.98 Å². The fraction of sp³-hybridized carbons (Fsp3) is 0. The predicted octanol–water partition coefficient (Wildman–Crippen LogP) is -1.85. The van der Waals surface area contributed by atoms with E-state index < -0.39 is 0 Å². The first kappa shape index (κ1) is 8.18. The van der Waals surface area contributed by atoms with Crippen LogP contribution >= 0.6 is 0 Å². The molecule has 0 unspecified atom stereocenters. The highest BCUT2D eigenvalue weighted by Gasteiger charge is 1.85. The lowest BCUT2D eigenvalue weighted by molar-refractivity contribution is -0.380. The number of pyridine rings is 1. The summed E-state index contributed by atoms with van der Waals surface area (Å²) in [7, 11) is 0. The summed E-state index contributed by atoms with van der Waals surface area (Å²) in [6.45, 7) is 3.60. The third kappa shape index (κ3) is 2.29. The van der Waals surface area contributed by atoms with Gasteiger partial charge in [-0.05, 0) is 6.07 Å². The maximum absolute atomic E-state index is 3.60. The Morgan fingerprint density at radius 3 is 2.56 bits per heavy atom. The Morgan fingerprint density at radius 2 is 2.22 bits per heavy atom. The van der Waals surface area contributed by atoms with Gasteiger partial charge in [0.25, 0.3) is 0 Å². The van der Waals surface area contributed by atoms with Gasteiger partial charge in [-0.15, -0.1) is 0 Å². The standard InChI is InChI=1S/C7H7N.ClH/c1-2-7-5-3-4-6-8-7;/h2-6H,1H2;1H. The molecule has 0 radical (unpaired) electrons. The van der Waals surface area contributed by atoms with Crippen molar-refractivity contribution in [3.8, 4) is 0 Å². The predicted molar refractivity (Wildman–Crippen MR) is 33.1 cm³/mol. The second-order valence-corrected chi connectivity index (χ2v) is 1.52. The molecule has 1 aromatic heterocycles. The summed E-state index contributed by atoms with van der Waals surface area (Å²) in [5.74, 6) is 0. The van der Waals surface area contributed by atoms with Gasteiger partial charge in [0, 0.05) is 18.2 Å². The minimum absolute atomic E-state index is 0. The van der Waals surface area contributed by atoms with E-state index in [1.54, 1.807) is 6.08 Å². The first-order valence-corrected chi connectivity index (χ1v) is 2.52. The van der Waals surface area contributed by atoms with Crippen molar-refractivity contribution in [3.63, 3.8) is 0 Å². The molecule has 0 atom stereocenters. The lowest BCUT2D eigenvalue weighted by atomic mass is 10.4. The van der Waals surface area contributed by atoms with E-state index in [1.807, 2.05) is 24.4 Å². The summed E-state index contributed by atoms with van der Waals surface area (Å²) in [6.07, 6.45) is 3.65. The number of aromatic nitrogens is 1.